The van der Waals surface area contributed by atoms with Gasteiger partial charge in [-0.05, 0) is 29.7 Å². The van der Waals surface area contributed by atoms with E-state index < -0.39 is 23.3 Å². The van der Waals surface area contributed by atoms with Crippen molar-refractivity contribution >= 4 is 75.3 Å². The van der Waals surface area contributed by atoms with E-state index >= 15 is 0 Å². The largest absolute Gasteiger partial charge is 0.477 e. The lowest BCUT2D eigenvalue weighted by atomic mass is 10.0. The molecule has 184 valence electrons. The van der Waals surface area contributed by atoms with E-state index in [-0.39, 0.29) is 17.4 Å². The van der Waals surface area contributed by atoms with Gasteiger partial charge in [-0.15, -0.1) is 23.5 Å². The van der Waals surface area contributed by atoms with Gasteiger partial charge in [0.25, 0.3) is 5.91 Å². The highest BCUT2D eigenvalue weighted by molar-refractivity contribution is 8.00. The number of pyridine rings is 1. The van der Waals surface area contributed by atoms with E-state index in [0.717, 1.165) is 10.8 Å². The zero-order chi connectivity index (χ0) is 25.4. The summed E-state index contributed by atoms with van der Waals surface area (Å²) in [6, 6.07) is 14.1. The number of fused-ring (bicyclic) bond motifs is 2. The summed E-state index contributed by atoms with van der Waals surface area (Å²) in [4.78, 5) is 39.6. The first-order chi connectivity index (χ1) is 17.3. The first-order valence-electron chi connectivity index (χ1n) is 11.0. The van der Waals surface area contributed by atoms with Crippen molar-refractivity contribution in [2.45, 2.75) is 22.9 Å². The first-order valence-corrected chi connectivity index (χ1v) is 13.8. The van der Waals surface area contributed by atoms with Crippen molar-refractivity contribution in [2.24, 2.45) is 0 Å². The molecule has 0 radical (unpaired) electrons. The second kappa shape index (κ2) is 10.3. The fourth-order valence-electron chi connectivity index (χ4n) is 4.25. The summed E-state index contributed by atoms with van der Waals surface area (Å²) in [7, 11) is 0. The van der Waals surface area contributed by atoms with E-state index in [0.29, 0.717) is 32.8 Å². The molecule has 5 rings (SSSR count). The molecule has 0 unspecified atom stereocenters. The summed E-state index contributed by atoms with van der Waals surface area (Å²) in [5.41, 5.74) is 0.642. The number of benzene rings is 2. The molecule has 1 aromatic heterocycles. The van der Waals surface area contributed by atoms with Gasteiger partial charge in [0, 0.05) is 32.7 Å². The molecule has 0 bridgehead atoms. The molecular weight excluding hydrogens is 541 g/mol. The van der Waals surface area contributed by atoms with Crippen LogP contribution in [0.1, 0.15) is 0 Å². The van der Waals surface area contributed by atoms with Gasteiger partial charge in [0.05, 0.1) is 10.8 Å². The molecule has 2 aliphatic rings. The number of amides is 2. The summed E-state index contributed by atoms with van der Waals surface area (Å²) in [5.74, 6) is -1.43. The summed E-state index contributed by atoms with van der Waals surface area (Å²) in [6.45, 7) is 0.351. The van der Waals surface area contributed by atoms with Gasteiger partial charge >= 0.3 is 5.97 Å². The Morgan fingerprint density at radius 2 is 1.94 bits per heavy atom. The minimum Gasteiger partial charge on any atom is -0.477 e. The molecule has 2 N–H and O–H groups in total. The third kappa shape index (κ3) is 4.93. The molecule has 3 aromatic rings. The Labute approximate surface area is 225 Å². The lowest BCUT2D eigenvalue weighted by molar-refractivity contribution is -0.687. The van der Waals surface area contributed by atoms with Gasteiger partial charge in [-0.25, -0.2) is 9.36 Å². The highest BCUT2D eigenvalue weighted by Gasteiger charge is 2.54. The number of rotatable bonds is 7. The van der Waals surface area contributed by atoms with Gasteiger partial charge in [0.2, 0.25) is 5.91 Å². The lowest BCUT2D eigenvalue weighted by Gasteiger charge is -2.49. The highest BCUT2D eigenvalue weighted by atomic mass is 35.5. The number of thioether (sulfide) groups is 2. The van der Waals surface area contributed by atoms with Gasteiger partial charge in [-0.3, -0.25) is 14.5 Å². The predicted molar refractivity (Wildman–Crippen MR) is 141 cm³/mol. The standard InChI is InChI=1S/C25H19Cl2N3O4S2/c26-17-5-6-18(27)19(9-17)35-13-20(31)28-21-23(32)30-22(25(33)34)16(12-36-24(21)30)11-29-8-7-14-3-1-2-4-15(14)10-29/h1-10,21,24H,11-13H2,(H-,28,31,33,34)/p+1/t21-,24-/m1/s1. The monoisotopic (exact) mass is 560 g/mol. The molecule has 2 atom stereocenters. The normalized spacial score (nSPS) is 19.2. The maximum absolute atomic E-state index is 12.9. The minimum absolute atomic E-state index is 0.00464. The van der Waals surface area contributed by atoms with Gasteiger partial charge < -0.3 is 10.4 Å². The Balaban J connectivity index is 1.27. The van der Waals surface area contributed by atoms with E-state index in [1.165, 1.54) is 28.4 Å². The average molecular weight is 561 g/mol. The Morgan fingerprint density at radius 1 is 1.17 bits per heavy atom. The number of carboxylic acid groups (broad SMARTS) is 1. The van der Waals surface area contributed by atoms with Crippen molar-refractivity contribution in [3.05, 3.63) is 82.2 Å². The number of β-lactam (4-membered cyclic amide) rings is 1. The van der Waals surface area contributed by atoms with E-state index in [1.807, 2.05) is 47.3 Å². The molecule has 2 aliphatic heterocycles. The molecule has 2 aromatic carbocycles. The molecule has 1 saturated heterocycles. The number of halogens is 2. The Hall–Kier alpha value is -2.72. The molecular formula is C25H20Cl2N3O4S2+. The zero-order valence-corrected chi connectivity index (χ0v) is 21.8. The van der Waals surface area contributed by atoms with Gasteiger partial charge in [0.15, 0.2) is 18.9 Å². The molecule has 2 amide bonds. The number of carboxylic acids is 1. The number of hydrogen-bond donors (Lipinski definition) is 2. The number of carbonyl (C=O) groups is 3. The van der Waals surface area contributed by atoms with E-state index in [2.05, 4.69) is 5.32 Å². The third-order valence-corrected chi connectivity index (χ3v) is 9.01. The molecule has 11 heteroatoms. The molecule has 0 spiro atoms. The highest BCUT2D eigenvalue weighted by Crippen LogP contribution is 2.40. The third-order valence-electron chi connectivity index (χ3n) is 5.94. The zero-order valence-electron chi connectivity index (χ0n) is 18.7. The van der Waals surface area contributed by atoms with Crippen molar-refractivity contribution in [3.8, 4) is 0 Å². The smallest absolute Gasteiger partial charge is 0.352 e. The topological polar surface area (TPSA) is 90.6 Å². The SMILES string of the molecule is O=C(CSc1cc(Cl)ccc1Cl)N[C@@H]1C(=O)N2C(C(=O)O)=C(C[n+]3ccc4ccccc4c3)CS[C@H]12. The average Bonchev–Trinajstić information content (AvgIpc) is 2.87. The molecule has 3 heterocycles. The van der Waals surface area contributed by atoms with E-state index in [9.17, 15) is 19.5 Å². The summed E-state index contributed by atoms with van der Waals surface area (Å²) in [6.07, 6.45) is 3.86. The summed E-state index contributed by atoms with van der Waals surface area (Å²) >= 11 is 14.8. The first kappa shape index (κ1) is 25.0. The lowest BCUT2D eigenvalue weighted by Crippen LogP contribution is -2.70. The van der Waals surface area contributed by atoms with Crippen LogP contribution in [0.25, 0.3) is 10.8 Å². The van der Waals surface area contributed by atoms with Crippen LogP contribution in [0.4, 0.5) is 0 Å². The quantitative estimate of drug-likeness (QED) is 0.258. The Kier molecular flexibility index (Phi) is 7.16. The van der Waals surface area contributed by atoms with Crippen molar-refractivity contribution in [1.82, 2.24) is 10.2 Å². The number of carbonyl (C=O) groups excluding carboxylic acids is 2. The fraction of sp³-hybridized carbons (Fsp3) is 0.200. The van der Waals surface area contributed by atoms with Crippen molar-refractivity contribution < 1.29 is 24.1 Å². The van der Waals surface area contributed by atoms with Crippen LogP contribution in [-0.2, 0) is 20.9 Å². The van der Waals surface area contributed by atoms with E-state index in [4.69, 9.17) is 23.2 Å². The van der Waals surface area contributed by atoms with Crippen LogP contribution in [0.3, 0.4) is 0 Å². The van der Waals surface area contributed by atoms with Crippen LogP contribution >= 0.6 is 46.7 Å². The Morgan fingerprint density at radius 3 is 2.72 bits per heavy atom. The van der Waals surface area contributed by atoms with Crippen LogP contribution in [0, 0.1) is 0 Å². The molecule has 7 nitrogen and oxygen atoms in total. The number of nitrogens with one attached hydrogen (secondary N) is 1. The van der Waals surface area contributed by atoms with Gasteiger partial charge in [-0.1, -0.05) is 41.4 Å². The van der Waals surface area contributed by atoms with Gasteiger partial charge in [-0.2, -0.15) is 0 Å². The van der Waals surface area contributed by atoms with E-state index in [1.54, 1.807) is 18.2 Å². The van der Waals surface area contributed by atoms with Crippen LogP contribution in [0.5, 0.6) is 0 Å². The molecule has 36 heavy (non-hydrogen) atoms. The second-order valence-corrected chi connectivity index (χ2v) is 11.3. The van der Waals surface area contributed by atoms with Crippen LogP contribution in [0.15, 0.2) is 77.1 Å². The number of hydrogen-bond acceptors (Lipinski definition) is 5. The molecule has 0 saturated carbocycles. The summed E-state index contributed by atoms with van der Waals surface area (Å²) < 4.78 is 1.92. The van der Waals surface area contributed by atoms with Crippen molar-refractivity contribution in [2.75, 3.05) is 11.5 Å². The number of aromatic nitrogens is 1. The van der Waals surface area contributed by atoms with Crippen LogP contribution in [-0.4, -0.2) is 50.7 Å². The summed E-state index contributed by atoms with van der Waals surface area (Å²) in [5, 5.41) is 15.4. The van der Waals surface area contributed by atoms with Crippen LogP contribution in [0.2, 0.25) is 10.0 Å². The Bertz CT molecular complexity index is 1430. The minimum atomic E-state index is -1.15. The van der Waals surface area contributed by atoms with Crippen LogP contribution < -0.4 is 9.88 Å². The predicted octanol–water partition coefficient (Wildman–Crippen LogP) is 3.97. The van der Waals surface area contributed by atoms with Crippen molar-refractivity contribution in [1.29, 1.82) is 0 Å². The number of nitrogens with zero attached hydrogens (tertiary/aromatic N) is 2. The maximum Gasteiger partial charge on any atom is 0.352 e. The van der Waals surface area contributed by atoms with Gasteiger partial charge in [0.1, 0.15) is 17.1 Å². The maximum atomic E-state index is 12.9. The number of aliphatic carboxylic acids is 1. The molecule has 0 aliphatic carbocycles. The second-order valence-electron chi connectivity index (χ2n) is 8.32. The fourth-order valence-corrected chi connectivity index (χ4v) is 6.89. The van der Waals surface area contributed by atoms with Crippen molar-refractivity contribution in [3.63, 3.8) is 0 Å². The molecule has 1 fully saturated rings.